The lowest BCUT2D eigenvalue weighted by Gasteiger charge is -2.31. The van der Waals surface area contributed by atoms with E-state index in [9.17, 15) is 4.79 Å². The van der Waals surface area contributed by atoms with Gasteiger partial charge in [-0.2, -0.15) is 0 Å². The predicted molar refractivity (Wildman–Crippen MR) is 113 cm³/mol. The number of anilines is 1. The number of fused-ring (bicyclic) bond motifs is 3. The molecule has 0 fully saturated rings. The average Bonchev–Trinajstić information content (AvgIpc) is 3.03. The third-order valence-corrected chi connectivity index (χ3v) is 6.82. The number of hydrogen-bond donors (Lipinski definition) is 0. The first-order chi connectivity index (χ1) is 11.9. The van der Waals surface area contributed by atoms with E-state index in [-0.39, 0.29) is 5.91 Å². The van der Waals surface area contributed by atoms with Crippen LogP contribution in [0.1, 0.15) is 41.2 Å². The number of carbonyl (C=O) groups excluding carboxylic acids is 1. The number of hydrogen-bond acceptors (Lipinski definition) is 2. The number of aromatic nitrogens is 2. The van der Waals surface area contributed by atoms with Gasteiger partial charge in [-0.15, -0.1) is 0 Å². The topological polar surface area (TPSA) is 38.1 Å². The summed E-state index contributed by atoms with van der Waals surface area (Å²) in [6.45, 7) is 6.07. The minimum absolute atomic E-state index is 0.0506. The summed E-state index contributed by atoms with van der Waals surface area (Å²) < 4.78 is 2.23. The van der Waals surface area contributed by atoms with Crippen molar-refractivity contribution >= 4 is 53.3 Å². The average molecular weight is 463 g/mol. The highest BCUT2D eigenvalue weighted by Crippen LogP contribution is 2.39. The van der Waals surface area contributed by atoms with Crippen LogP contribution in [0.4, 0.5) is 5.82 Å². The van der Waals surface area contributed by atoms with E-state index in [1.54, 1.807) is 6.20 Å². The molecule has 0 spiro atoms. The smallest absolute Gasteiger partial charge is 0.276 e. The van der Waals surface area contributed by atoms with Crippen molar-refractivity contribution < 1.29 is 4.79 Å². The van der Waals surface area contributed by atoms with Crippen molar-refractivity contribution in [3.63, 3.8) is 0 Å². The van der Waals surface area contributed by atoms with Crippen molar-refractivity contribution in [2.24, 2.45) is 5.41 Å². The van der Waals surface area contributed by atoms with Crippen LogP contribution in [0.5, 0.6) is 0 Å². The van der Waals surface area contributed by atoms with Crippen molar-refractivity contribution in [1.82, 2.24) is 9.55 Å². The van der Waals surface area contributed by atoms with Gasteiger partial charge in [0, 0.05) is 31.1 Å². The van der Waals surface area contributed by atoms with Crippen molar-refractivity contribution in [2.45, 2.75) is 39.4 Å². The summed E-state index contributed by atoms with van der Waals surface area (Å²) in [7, 11) is 6.16. The van der Waals surface area contributed by atoms with Crippen LogP contribution in [0.3, 0.4) is 0 Å². The zero-order valence-electron chi connectivity index (χ0n) is 14.5. The van der Waals surface area contributed by atoms with Crippen LogP contribution < -0.4 is 10.4 Å². The number of amides is 1. The molecule has 128 valence electrons. The predicted octanol–water partition coefficient (Wildman–Crippen LogP) is 2.99. The zero-order valence-corrected chi connectivity index (χ0v) is 17.6. The molecule has 7 heteroatoms. The third kappa shape index (κ3) is 2.95. The molecule has 2 aromatic rings. The maximum Gasteiger partial charge on any atom is 0.276 e. The fourth-order valence-corrected chi connectivity index (χ4v) is 5.73. The second-order valence-corrected chi connectivity index (χ2v) is 10.5. The maximum absolute atomic E-state index is 13.2. The summed E-state index contributed by atoms with van der Waals surface area (Å²) in [5.74, 6) is 0.789. The molecule has 2 aliphatic rings. The lowest BCUT2D eigenvalue weighted by atomic mass is 9.90. The van der Waals surface area contributed by atoms with Crippen LogP contribution >= 0.6 is 28.3 Å². The highest BCUT2D eigenvalue weighted by Gasteiger charge is 2.37. The molecule has 4 nitrogen and oxygen atoms in total. The third-order valence-electron chi connectivity index (χ3n) is 5.19. The fraction of sp³-hybridized carbons (Fsp3) is 0.444. The molecule has 3 heterocycles. The van der Waals surface area contributed by atoms with Gasteiger partial charge in [0.15, 0.2) is 0 Å². The molecule has 2 radical (unpaired) electrons. The lowest BCUT2D eigenvalue weighted by molar-refractivity contribution is 0.0963. The minimum Gasteiger partial charge on any atom is -0.339 e. The Kier molecular flexibility index (Phi) is 4.47. The summed E-state index contributed by atoms with van der Waals surface area (Å²) in [5.41, 5.74) is 5.52. The van der Waals surface area contributed by atoms with Gasteiger partial charge in [-0.3, -0.25) is 9.69 Å². The molecule has 0 aromatic carbocycles. The largest absolute Gasteiger partial charge is 0.339 e. The van der Waals surface area contributed by atoms with Gasteiger partial charge >= 0.3 is 0 Å². The summed E-state index contributed by atoms with van der Waals surface area (Å²) >= 11 is 2.36. The molecule has 1 atom stereocenters. The zero-order chi connectivity index (χ0) is 17.8. The molecule has 1 unspecified atom stereocenters. The Morgan fingerprint density at radius 2 is 2.16 bits per heavy atom. The molecule has 2 aromatic heterocycles. The quantitative estimate of drug-likeness (QED) is 0.399. The van der Waals surface area contributed by atoms with Gasteiger partial charge < -0.3 is 4.57 Å². The highest BCUT2D eigenvalue weighted by molar-refractivity contribution is 14.2. The first-order valence-corrected chi connectivity index (χ1v) is 12.8. The van der Waals surface area contributed by atoms with E-state index in [4.69, 9.17) is 7.85 Å². The Labute approximate surface area is 164 Å². The Morgan fingerprint density at radius 3 is 2.92 bits per heavy atom. The lowest BCUT2D eigenvalue weighted by Crippen LogP contribution is -2.42. The van der Waals surface area contributed by atoms with Gasteiger partial charge in [-0.05, 0) is 35.4 Å². The molecule has 25 heavy (non-hydrogen) atoms. The highest BCUT2D eigenvalue weighted by atomic mass is 127. The molecule has 1 amide bonds. The Hall–Kier alpha value is -0.875. The van der Waals surface area contributed by atoms with Gasteiger partial charge in [0.2, 0.25) is 0 Å². The van der Waals surface area contributed by atoms with Gasteiger partial charge in [0.1, 0.15) is 19.4 Å². The Morgan fingerprint density at radius 1 is 1.36 bits per heavy atom. The molecule has 0 N–H and O–H groups in total. The van der Waals surface area contributed by atoms with Crippen LogP contribution in [0, 0.1) is 5.41 Å². The van der Waals surface area contributed by atoms with E-state index >= 15 is 0 Å². The molecule has 1 aliphatic heterocycles. The molecule has 1 aliphatic carbocycles. The van der Waals surface area contributed by atoms with E-state index in [0.29, 0.717) is 18.2 Å². The van der Waals surface area contributed by atoms with E-state index in [0.717, 1.165) is 48.1 Å². The number of halogens is 1. The van der Waals surface area contributed by atoms with E-state index in [1.165, 1.54) is 11.3 Å². The van der Waals surface area contributed by atoms with E-state index in [1.807, 2.05) is 11.0 Å². The molecule has 0 bridgehead atoms. The van der Waals surface area contributed by atoms with Gasteiger partial charge in [0.25, 0.3) is 5.91 Å². The minimum atomic E-state index is 0.0506. The number of rotatable bonds is 3. The summed E-state index contributed by atoms with van der Waals surface area (Å²) in [5, 5.41) is 0. The Bertz CT molecular complexity index is 864. The van der Waals surface area contributed by atoms with Crippen LogP contribution in [0.25, 0.3) is 0 Å². The SMILES string of the molecule is [B]c1ccnc(N2CCn3c(cc4c3CC(C)(C)C4)C2=O)c1CPI. The number of carbonyl (C=O) groups is 1. The molecular weight excluding hydrogens is 443 g/mol. The summed E-state index contributed by atoms with van der Waals surface area (Å²) in [6, 6.07) is 3.92. The monoisotopic (exact) mass is 463 g/mol. The van der Waals surface area contributed by atoms with Crippen molar-refractivity contribution in [3.8, 4) is 0 Å². The van der Waals surface area contributed by atoms with Gasteiger partial charge in [0.05, 0.1) is 0 Å². The molecular formula is C18H20BIN3OP. The van der Waals surface area contributed by atoms with E-state index in [2.05, 4.69) is 51.5 Å². The standard InChI is InChI=1S/C18H20BIN3OP/c1-18(2)8-11-7-14-17(24)23(6-5-22(14)15(11)9-18)16-12(10-25-20)13(19)3-4-21-16/h3-4,7,25H,5-6,8-10H2,1-2H3. The molecule has 0 saturated carbocycles. The van der Waals surface area contributed by atoms with Crippen LogP contribution in [0.2, 0.25) is 0 Å². The summed E-state index contributed by atoms with van der Waals surface area (Å²) in [4.78, 5) is 19.5. The van der Waals surface area contributed by atoms with Gasteiger partial charge in [-0.25, -0.2) is 4.98 Å². The molecule has 4 rings (SSSR count). The second-order valence-electron chi connectivity index (χ2n) is 7.64. The summed E-state index contributed by atoms with van der Waals surface area (Å²) in [6.07, 6.45) is 5.36. The van der Waals surface area contributed by atoms with Crippen LogP contribution in [0.15, 0.2) is 18.3 Å². The van der Waals surface area contributed by atoms with E-state index < -0.39 is 0 Å². The van der Waals surface area contributed by atoms with Crippen molar-refractivity contribution in [2.75, 3.05) is 11.4 Å². The van der Waals surface area contributed by atoms with Crippen LogP contribution in [-0.4, -0.2) is 29.8 Å². The molecule has 0 saturated heterocycles. The van der Waals surface area contributed by atoms with Crippen molar-refractivity contribution in [3.05, 3.63) is 40.8 Å². The fourth-order valence-electron chi connectivity index (χ4n) is 4.09. The maximum atomic E-state index is 13.2. The second kappa shape index (κ2) is 6.38. The normalized spacial score (nSPS) is 18.8. The number of pyridine rings is 1. The number of nitrogens with zero attached hydrogens (tertiary/aromatic N) is 3. The first-order valence-electron chi connectivity index (χ1n) is 8.51. The first kappa shape index (κ1) is 17.5. The van der Waals surface area contributed by atoms with Gasteiger partial charge in [-0.1, -0.05) is 53.6 Å². The van der Waals surface area contributed by atoms with Crippen molar-refractivity contribution in [1.29, 1.82) is 0 Å². The van der Waals surface area contributed by atoms with Crippen LogP contribution in [-0.2, 0) is 25.5 Å². The Balaban J connectivity index is 1.72.